The van der Waals surface area contributed by atoms with Crippen LogP contribution in [0.5, 0.6) is 0 Å². The maximum atomic E-state index is 4.76. The molecule has 3 heteroatoms. The molecule has 0 heterocycles. The molecule has 0 rings (SSSR count). The molecule has 0 spiro atoms. The first-order valence-corrected chi connectivity index (χ1v) is 1.60. The van der Waals surface area contributed by atoms with E-state index in [0.29, 0.717) is 0 Å². The summed E-state index contributed by atoms with van der Waals surface area (Å²) in [6.45, 7) is 0. The Hall–Kier alpha value is 1.11. The fraction of sp³-hybridized carbons (Fsp3) is 1.00. The van der Waals surface area contributed by atoms with E-state index >= 15 is 0 Å². The molecule has 26 valence electrons. The first-order valence-electron chi connectivity index (χ1n) is 0.535. The fourth-order valence-corrected chi connectivity index (χ4v) is 0. The molecule has 0 atom stereocenters. The van der Waals surface area contributed by atoms with Gasteiger partial charge in [0.2, 0.25) is 0 Å². The Kier molecular flexibility index (Phi) is 19.9. The van der Waals surface area contributed by atoms with Gasteiger partial charge in [-0.05, 0) is 0 Å². The average molecular weight is 137 g/mol. The van der Waals surface area contributed by atoms with Crippen LogP contribution in [-0.2, 0) is 17.4 Å². The Morgan fingerprint density at radius 2 is 1.25 bits per heavy atom. The molecular weight excluding hydrogens is 135 g/mol. The Bertz CT molecular complexity index is 6.00. The van der Waals surface area contributed by atoms with Gasteiger partial charge in [0, 0.05) is 17.4 Å². The van der Waals surface area contributed by atoms with Crippen molar-refractivity contribution < 1.29 is 17.4 Å². The van der Waals surface area contributed by atoms with Crippen LogP contribution in [0.4, 0.5) is 0 Å². The van der Waals surface area contributed by atoms with E-state index < -0.39 is 0 Å². The van der Waals surface area contributed by atoms with E-state index in [1.54, 1.807) is 0 Å². The van der Waals surface area contributed by atoms with Crippen molar-refractivity contribution in [3.05, 3.63) is 0 Å². The molecule has 0 saturated heterocycles. The second-order valence-corrected chi connectivity index (χ2v) is 0.909. The van der Waals surface area contributed by atoms with Gasteiger partial charge in [-0.1, -0.05) is 0 Å². The van der Waals surface area contributed by atoms with Gasteiger partial charge < -0.3 is 0 Å². The van der Waals surface area contributed by atoms with Crippen molar-refractivity contribution >= 4 is 23.2 Å². The zero-order chi connectivity index (χ0) is 2.71. The number of hydrogen-bond acceptors (Lipinski definition) is 0. The van der Waals surface area contributed by atoms with Crippen molar-refractivity contribution in [3.63, 3.8) is 0 Å². The summed E-state index contributed by atoms with van der Waals surface area (Å²) in [5, 5.41) is 0.194. The summed E-state index contributed by atoms with van der Waals surface area (Å²) >= 11 is 9.53. The van der Waals surface area contributed by atoms with E-state index in [0.717, 1.165) is 0 Å². The van der Waals surface area contributed by atoms with Gasteiger partial charge in [-0.3, -0.25) is 0 Å². The molecular formula is CH2Cl2Cr. The smallest absolute Gasteiger partial charge is 0.0967 e. The van der Waals surface area contributed by atoms with E-state index in [9.17, 15) is 0 Å². The van der Waals surface area contributed by atoms with E-state index in [4.69, 9.17) is 23.2 Å². The van der Waals surface area contributed by atoms with Gasteiger partial charge in [-0.2, -0.15) is 0 Å². The summed E-state index contributed by atoms with van der Waals surface area (Å²) in [6.07, 6.45) is 0. The standard InChI is InChI=1S/CH2Cl2.Cr/c2-1-3;/h1H2;. The van der Waals surface area contributed by atoms with Crippen LogP contribution in [0, 0.1) is 0 Å². The molecule has 0 unspecified atom stereocenters. The van der Waals surface area contributed by atoms with E-state index in [1.165, 1.54) is 0 Å². The topological polar surface area (TPSA) is 0 Å². The number of halogens is 2. The third-order valence-electron chi connectivity index (χ3n) is 0. The maximum absolute atomic E-state index is 4.76. The summed E-state index contributed by atoms with van der Waals surface area (Å²) in [5.41, 5.74) is 0. The first-order chi connectivity index (χ1) is 1.41. The summed E-state index contributed by atoms with van der Waals surface area (Å²) in [5.74, 6) is 0. The van der Waals surface area contributed by atoms with Crippen molar-refractivity contribution in [2.45, 2.75) is 0 Å². The molecule has 0 nitrogen and oxygen atoms in total. The molecule has 0 N–H and O–H groups in total. The minimum absolute atomic E-state index is 0. The van der Waals surface area contributed by atoms with Crippen LogP contribution in [0.1, 0.15) is 0 Å². The first kappa shape index (κ1) is 8.93. The Balaban J connectivity index is 0. The molecule has 0 aliphatic carbocycles. The number of rotatable bonds is 0. The molecule has 0 radical (unpaired) electrons. The molecule has 0 amide bonds. The van der Waals surface area contributed by atoms with Gasteiger partial charge in [-0.25, -0.2) is 0 Å². The Labute approximate surface area is 46.2 Å². The third kappa shape index (κ3) is 11.2. The number of alkyl halides is 2. The van der Waals surface area contributed by atoms with E-state index in [-0.39, 0.29) is 22.7 Å². The summed E-state index contributed by atoms with van der Waals surface area (Å²) in [6, 6.07) is 0. The van der Waals surface area contributed by atoms with Crippen LogP contribution >= 0.6 is 23.2 Å². The van der Waals surface area contributed by atoms with Gasteiger partial charge in [0.15, 0.2) is 0 Å². The minimum Gasteiger partial charge on any atom is -0.109 e. The van der Waals surface area contributed by atoms with Gasteiger partial charge in [0.25, 0.3) is 0 Å². The SMILES string of the molecule is ClCCl.[Cr]. The molecule has 0 saturated carbocycles. The third-order valence-corrected chi connectivity index (χ3v) is 0. The molecule has 4 heavy (non-hydrogen) atoms. The zero-order valence-electron chi connectivity index (χ0n) is 1.87. The van der Waals surface area contributed by atoms with Crippen molar-refractivity contribution in [3.8, 4) is 0 Å². The van der Waals surface area contributed by atoms with Gasteiger partial charge in [-0.15, -0.1) is 23.2 Å². The minimum atomic E-state index is 0. The summed E-state index contributed by atoms with van der Waals surface area (Å²) in [4.78, 5) is 0. The van der Waals surface area contributed by atoms with Crippen molar-refractivity contribution in [2.24, 2.45) is 0 Å². The monoisotopic (exact) mass is 136 g/mol. The van der Waals surface area contributed by atoms with Crippen molar-refractivity contribution in [2.75, 3.05) is 5.34 Å². The van der Waals surface area contributed by atoms with Crippen LogP contribution in [0.25, 0.3) is 0 Å². The summed E-state index contributed by atoms with van der Waals surface area (Å²) in [7, 11) is 0. The van der Waals surface area contributed by atoms with Crippen LogP contribution < -0.4 is 0 Å². The van der Waals surface area contributed by atoms with Crippen LogP contribution in [0.2, 0.25) is 0 Å². The second kappa shape index (κ2) is 8.93. The molecule has 0 bridgehead atoms. The van der Waals surface area contributed by atoms with Gasteiger partial charge in [0.05, 0.1) is 5.34 Å². The normalized spacial score (nSPS) is 4.50. The maximum Gasteiger partial charge on any atom is 0.0967 e. The Morgan fingerprint density at radius 1 is 1.25 bits per heavy atom. The van der Waals surface area contributed by atoms with Gasteiger partial charge >= 0.3 is 0 Å². The van der Waals surface area contributed by atoms with Crippen LogP contribution in [0.3, 0.4) is 0 Å². The molecule has 0 aromatic rings. The van der Waals surface area contributed by atoms with Crippen LogP contribution in [0.15, 0.2) is 0 Å². The average Bonchev–Trinajstić information content (AvgIpc) is 0.918. The molecule has 0 aliphatic rings. The fourth-order valence-electron chi connectivity index (χ4n) is 0. The van der Waals surface area contributed by atoms with Crippen LogP contribution in [-0.4, -0.2) is 5.34 Å². The predicted molar refractivity (Wildman–Crippen MR) is 16.6 cm³/mol. The second-order valence-electron chi connectivity index (χ2n) is 0.101. The molecule has 0 aromatic carbocycles. The van der Waals surface area contributed by atoms with Crippen molar-refractivity contribution in [1.82, 2.24) is 0 Å². The molecule has 0 fully saturated rings. The largest absolute Gasteiger partial charge is 0.109 e. The number of hydrogen-bond donors (Lipinski definition) is 0. The zero-order valence-corrected chi connectivity index (χ0v) is 4.66. The Morgan fingerprint density at radius 3 is 1.25 bits per heavy atom. The van der Waals surface area contributed by atoms with E-state index in [1.807, 2.05) is 0 Å². The molecule has 0 aromatic heterocycles. The van der Waals surface area contributed by atoms with Gasteiger partial charge in [0.1, 0.15) is 0 Å². The predicted octanol–water partition coefficient (Wildman–Crippen LogP) is 1.42. The quantitative estimate of drug-likeness (QED) is 0.443. The van der Waals surface area contributed by atoms with E-state index in [2.05, 4.69) is 0 Å². The van der Waals surface area contributed by atoms with Crippen molar-refractivity contribution in [1.29, 1.82) is 0 Å². The molecule has 0 aliphatic heterocycles. The summed E-state index contributed by atoms with van der Waals surface area (Å²) < 4.78 is 0.